The Kier molecular flexibility index (Phi) is 7.00. The number of amides is 2. The molecule has 0 radical (unpaired) electrons. The second-order valence-electron chi connectivity index (χ2n) is 8.71. The Morgan fingerprint density at radius 2 is 1.56 bits per heavy atom. The number of likely N-dealkylation sites (tertiary alicyclic amines) is 1. The minimum Gasteiger partial charge on any atom is -0.352 e. The first-order valence-corrected chi connectivity index (χ1v) is 11.3. The van der Waals surface area contributed by atoms with Crippen LogP contribution in [-0.2, 0) is 22.6 Å². The number of piperidine rings is 1. The van der Waals surface area contributed by atoms with Crippen LogP contribution in [0.3, 0.4) is 0 Å². The molecule has 4 heteroatoms. The second kappa shape index (κ2) is 10.3. The van der Waals surface area contributed by atoms with Gasteiger partial charge in [0.05, 0.1) is 12.3 Å². The van der Waals surface area contributed by atoms with Crippen molar-refractivity contribution in [3.63, 3.8) is 0 Å². The van der Waals surface area contributed by atoms with Crippen LogP contribution in [0.15, 0.2) is 84.9 Å². The lowest BCUT2D eigenvalue weighted by molar-refractivity contribution is -0.135. The smallest absolute Gasteiger partial charge is 0.227 e. The number of carbonyl (C=O) groups is 2. The van der Waals surface area contributed by atoms with E-state index in [0.29, 0.717) is 26.1 Å². The molecule has 0 bridgehead atoms. The Labute approximate surface area is 190 Å². The van der Waals surface area contributed by atoms with Crippen LogP contribution in [-0.4, -0.2) is 29.8 Å². The van der Waals surface area contributed by atoms with Gasteiger partial charge >= 0.3 is 0 Å². The molecule has 2 amide bonds. The summed E-state index contributed by atoms with van der Waals surface area (Å²) in [5.74, 6) is 0.0201. The van der Waals surface area contributed by atoms with Crippen molar-refractivity contribution in [1.82, 2.24) is 10.2 Å². The Morgan fingerprint density at radius 1 is 0.875 bits per heavy atom. The molecule has 0 saturated carbocycles. The molecule has 3 aromatic carbocycles. The Balaban J connectivity index is 1.49. The fourth-order valence-corrected chi connectivity index (χ4v) is 4.47. The van der Waals surface area contributed by atoms with Crippen LogP contribution in [0.5, 0.6) is 0 Å². The lowest BCUT2D eigenvalue weighted by Gasteiger charge is -2.37. The molecular formula is C28H30N2O2. The molecule has 0 aromatic heterocycles. The number of benzene rings is 3. The monoisotopic (exact) mass is 426 g/mol. The van der Waals surface area contributed by atoms with Gasteiger partial charge in [-0.15, -0.1) is 0 Å². The molecule has 3 aromatic rings. The highest BCUT2D eigenvalue weighted by Crippen LogP contribution is 2.31. The minimum atomic E-state index is -0.224. The zero-order valence-electron chi connectivity index (χ0n) is 18.5. The molecule has 1 aliphatic rings. The fraction of sp³-hybridized carbons (Fsp3) is 0.286. The highest BCUT2D eigenvalue weighted by atomic mass is 16.2. The molecule has 4 rings (SSSR count). The molecule has 0 aliphatic carbocycles. The van der Waals surface area contributed by atoms with E-state index >= 15 is 0 Å². The minimum absolute atomic E-state index is 0.0173. The van der Waals surface area contributed by atoms with Gasteiger partial charge in [-0.25, -0.2) is 0 Å². The van der Waals surface area contributed by atoms with Crippen LogP contribution in [0.25, 0.3) is 0 Å². The lowest BCUT2D eigenvalue weighted by Crippen LogP contribution is -2.48. The molecule has 2 atom stereocenters. The van der Waals surface area contributed by atoms with Gasteiger partial charge in [-0.1, -0.05) is 90.5 Å². The topological polar surface area (TPSA) is 49.4 Å². The summed E-state index contributed by atoms with van der Waals surface area (Å²) in [5, 5.41) is 3.08. The van der Waals surface area contributed by atoms with Crippen molar-refractivity contribution in [2.24, 2.45) is 5.92 Å². The molecule has 1 fully saturated rings. The van der Waals surface area contributed by atoms with Crippen molar-refractivity contribution < 1.29 is 9.59 Å². The van der Waals surface area contributed by atoms with Crippen LogP contribution in [0.4, 0.5) is 0 Å². The van der Waals surface area contributed by atoms with E-state index in [1.54, 1.807) is 0 Å². The lowest BCUT2D eigenvalue weighted by atomic mass is 9.83. The van der Waals surface area contributed by atoms with Crippen molar-refractivity contribution >= 4 is 11.8 Å². The summed E-state index contributed by atoms with van der Waals surface area (Å²) in [5.41, 5.74) is 4.47. The molecule has 1 aliphatic heterocycles. The van der Waals surface area contributed by atoms with Gasteiger partial charge in [-0.3, -0.25) is 9.59 Å². The molecule has 1 heterocycles. The number of nitrogens with zero attached hydrogens (tertiary/aromatic N) is 1. The van der Waals surface area contributed by atoms with Crippen molar-refractivity contribution in [2.75, 3.05) is 13.1 Å². The molecule has 4 nitrogen and oxygen atoms in total. The molecule has 1 N–H and O–H groups in total. The summed E-state index contributed by atoms with van der Waals surface area (Å²) in [6.07, 6.45) is 1.11. The zero-order chi connectivity index (χ0) is 22.3. The molecule has 32 heavy (non-hydrogen) atoms. The average molecular weight is 427 g/mol. The second-order valence-corrected chi connectivity index (χ2v) is 8.71. The van der Waals surface area contributed by atoms with E-state index in [2.05, 4.69) is 36.5 Å². The first kappa shape index (κ1) is 21.8. The predicted molar refractivity (Wildman–Crippen MR) is 127 cm³/mol. The van der Waals surface area contributed by atoms with Gasteiger partial charge in [-0.2, -0.15) is 0 Å². The summed E-state index contributed by atoms with van der Waals surface area (Å²) in [4.78, 5) is 28.1. The summed E-state index contributed by atoms with van der Waals surface area (Å²) in [6.45, 7) is 3.70. The number of hydrogen-bond donors (Lipinski definition) is 1. The van der Waals surface area contributed by atoms with Crippen LogP contribution < -0.4 is 5.32 Å². The maximum absolute atomic E-state index is 13.2. The third-order valence-electron chi connectivity index (χ3n) is 6.20. The van der Waals surface area contributed by atoms with Gasteiger partial charge in [0.15, 0.2) is 0 Å². The number of hydrogen-bond acceptors (Lipinski definition) is 2. The summed E-state index contributed by atoms with van der Waals surface area (Å²) >= 11 is 0. The number of aryl methyl sites for hydroxylation is 1. The zero-order valence-corrected chi connectivity index (χ0v) is 18.5. The van der Waals surface area contributed by atoms with Crippen LogP contribution in [0.2, 0.25) is 0 Å². The fourth-order valence-electron chi connectivity index (χ4n) is 4.47. The van der Waals surface area contributed by atoms with Crippen LogP contribution in [0, 0.1) is 12.8 Å². The molecule has 0 spiro atoms. The largest absolute Gasteiger partial charge is 0.352 e. The first-order chi connectivity index (χ1) is 15.6. The van der Waals surface area contributed by atoms with Crippen molar-refractivity contribution in [3.8, 4) is 0 Å². The standard InChI is InChI=1S/C28H30N2O2/c1-21-9-8-14-24(15-21)25-17-26(28(32)29-18-23-12-6-3-7-13-23)20-30(19-25)27(31)16-22-10-4-2-5-11-22/h2-15,25-26H,16-20H2,1H3,(H,29,32). The van der Waals surface area contributed by atoms with E-state index in [-0.39, 0.29) is 23.7 Å². The van der Waals surface area contributed by atoms with Crippen molar-refractivity contribution in [2.45, 2.75) is 32.2 Å². The van der Waals surface area contributed by atoms with E-state index in [4.69, 9.17) is 0 Å². The van der Waals surface area contributed by atoms with Gasteiger partial charge < -0.3 is 10.2 Å². The Bertz CT molecular complexity index is 1050. The average Bonchev–Trinajstić information content (AvgIpc) is 2.83. The first-order valence-electron chi connectivity index (χ1n) is 11.3. The molecule has 2 unspecified atom stereocenters. The highest BCUT2D eigenvalue weighted by molar-refractivity contribution is 5.82. The third kappa shape index (κ3) is 5.64. The summed E-state index contributed by atoms with van der Waals surface area (Å²) in [7, 11) is 0. The number of rotatable bonds is 6. The van der Waals surface area contributed by atoms with Gasteiger partial charge in [0.25, 0.3) is 0 Å². The maximum atomic E-state index is 13.2. The van der Waals surface area contributed by atoms with Gasteiger partial charge in [-0.05, 0) is 30.0 Å². The van der Waals surface area contributed by atoms with Gasteiger partial charge in [0.2, 0.25) is 11.8 Å². The van der Waals surface area contributed by atoms with E-state index in [1.807, 2.05) is 65.6 Å². The summed E-state index contributed by atoms with van der Waals surface area (Å²) in [6, 6.07) is 28.2. The molecule has 1 saturated heterocycles. The number of carbonyl (C=O) groups excluding carboxylic acids is 2. The maximum Gasteiger partial charge on any atom is 0.227 e. The van der Waals surface area contributed by atoms with Crippen molar-refractivity contribution in [3.05, 3.63) is 107 Å². The van der Waals surface area contributed by atoms with E-state index in [9.17, 15) is 9.59 Å². The third-order valence-corrected chi connectivity index (χ3v) is 6.20. The molecule has 164 valence electrons. The normalized spacial score (nSPS) is 18.2. The van der Waals surface area contributed by atoms with Gasteiger partial charge in [0.1, 0.15) is 0 Å². The van der Waals surface area contributed by atoms with E-state index in [1.165, 1.54) is 11.1 Å². The van der Waals surface area contributed by atoms with Crippen molar-refractivity contribution in [1.29, 1.82) is 0 Å². The highest BCUT2D eigenvalue weighted by Gasteiger charge is 2.34. The molecular weight excluding hydrogens is 396 g/mol. The Morgan fingerprint density at radius 3 is 2.25 bits per heavy atom. The predicted octanol–water partition coefficient (Wildman–Crippen LogP) is 4.49. The number of nitrogens with one attached hydrogen (secondary N) is 1. The van der Waals surface area contributed by atoms with Crippen LogP contribution in [0.1, 0.15) is 34.6 Å². The van der Waals surface area contributed by atoms with Crippen LogP contribution >= 0.6 is 0 Å². The van der Waals surface area contributed by atoms with E-state index < -0.39 is 0 Å². The van der Waals surface area contributed by atoms with Gasteiger partial charge in [0, 0.05) is 25.6 Å². The van der Waals surface area contributed by atoms with E-state index in [0.717, 1.165) is 17.5 Å². The Hall–Kier alpha value is -3.40. The SMILES string of the molecule is Cc1cccc(C2CC(C(=O)NCc3ccccc3)CN(C(=O)Cc3ccccc3)C2)c1. The summed E-state index contributed by atoms with van der Waals surface area (Å²) < 4.78 is 0. The quantitative estimate of drug-likeness (QED) is 0.632.